The molecule has 6 heteroatoms. The second kappa shape index (κ2) is 7.42. The van der Waals surface area contributed by atoms with Crippen LogP contribution in [0.1, 0.15) is 30.6 Å². The molecule has 0 aliphatic rings. The van der Waals surface area contributed by atoms with Crippen LogP contribution in [0.2, 0.25) is 5.02 Å². The molecular weight excluding hydrogens is 304 g/mol. The predicted octanol–water partition coefficient (Wildman–Crippen LogP) is 3.13. The van der Waals surface area contributed by atoms with E-state index >= 15 is 0 Å². The number of nitrogens with one attached hydrogen (secondary N) is 1. The molecule has 5 nitrogen and oxygen atoms in total. The first-order valence-electron chi connectivity index (χ1n) is 7.15. The third-order valence-corrected chi connectivity index (χ3v) is 3.75. The van der Waals surface area contributed by atoms with Crippen molar-refractivity contribution in [3.05, 3.63) is 41.1 Å². The topological polar surface area (TPSA) is 75.4 Å². The molecule has 1 aromatic heterocycles. The zero-order chi connectivity index (χ0) is 16.1. The number of halogens is 1. The van der Waals surface area contributed by atoms with Gasteiger partial charge in [-0.25, -0.2) is 0 Å². The van der Waals surface area contributed by atoms with Gasteiger partial charge in [-0.2, -0.15) is 0 Å². The highest BCUT2D eigenvalue weighted by Crippen LogP contribution is 2.24. The van der Waals surface area contributed by atoms with Crippen LogP contribution in [0.15, 0.2) is 35.1 Å². The first-order valence-corrected chi connectivity index (χ1v) is 7.52. The third kappa shape index (κ3) is 3.87. The van der Waals surface area contributed by atoms with E-state index in [-0.39, 0.29) is 24.5 Å². The fraction of sp³-hybridized carbons (Fsp3) is 0.375. The number of aromatic nitrogens is 1. The SMILES string of the molecule is CC(C)C(CCO)NC(=O)c1conc1-c1ccc(Cl)cc1. The van der Waals surface area contributed by atoms with Gasteiger partial charge < -0.3 is 14.9 Å². The third-order valence-electron chi connectivity index (χ3n) is 3.49. The number of hydrogen-bond donors (Lipinski definition) is 2. The number of aliphatic hydroxyl groups excluding tert-OH is 1. The lowest BCUT2D eigenvalue weighted by molar-refractivity contribution is 0.0916. The largest absolute Gasteiger partial charge is 0.396 e. The normalized spacial score (nSPS) is 12.4. The van der Waals surface area contributed by atoms with Crippen LogP contribution in [-0.4, -0.2) is 28.8 Å². The van der Waals surface area contributed by atoms with E-state index in [0.29, 0.717) is 22.7 Å². The lowest BCUT2D eigenvalue weighted by Crippen LogP contribution is -2.39. The van der Waals surface area contributed by atoms with Gasteiger partial charge in [0.05, 0.1) is 0 Å². The quantitative estimate of drug-likeness (QED) is 0.856. The van der Waals surface area contributed by atoms with Crippen LogP contribution >= 0.6 is 11.6 Å². The Bertz CT molecular complexity index is 623. The van der Waals surface area contributed by atoms with E-state index in [1.54, 1.807) is 24.3 Å². The summed E-state index contributed by atoms with van der Waals surface area (Å²) >= 11 is 5.87. The molecule has 0 aliphatic carbocycles. The average Bonchev–Trinajstić information content (AvgIpc) is 2.97. The first-order chi connectivity index (χ1) is 10.5. The molecule has 1 aromatic carbocycles. The molecule has 2 N–H and O–H groups in total. The van der Waals surface area contributed by atoms with Crippen LogP contribution in [0.5, 0.6) is 0 Å². The molecule has 0 bridgehead atoms. The van der Waals surface area contributed by atoms with Crippen LogP contribution in [0.25, 0.3) is 11.3 Å². The van der Waals surface area contributed by atoms with E-state index in [9.17, 15) is 4.79 Å². The minimum atomic E-state index is -0.265. The second-order valence-electron chi connectivity index (χ2n) is 5.42. The van der Waals surface area contributed by atoms with Crippen molar-refractivity contribution in [1.82, 2.24) is 10.5 Å². The van der Waals surface area contributed by atoms with Crippen molar-refractivity contribution in [1.29, 1.82) is 0 Å². The summed E-state index contributed by atoms with van der Waals surface area (Å²) in [6, 6.07) is 6.92. The Hall–Kier alpha value is -1.85. The highest BCUT2D eigenvalue weighted by Gasteiger charge is 2.21. The van der Waals surface area contributed by atoms with Crippen LogP contribution < -0.4 is 5.32 Å². The van der Waals surface area contributed by atoms with Gasteiger partial charge in [-0.1, -0.05) is 42.7 Å². The summed E-state index contributed by atoms with van der Waals surface area (Å²) in [4.78, 5) is 12.4. The Kier molecular flexibility index (Phi) is 5.57. The highest BCUT2D eigenvalue weighted by atomic mass is 35.5. The minimum Gasteiger partial charge on any atom is -0.396 e. The number of nitrogens with zero attached hydrogens (tertiary/aromatic N) is 1. The molecule has 0 fully saturated rings. The molecule has 118 valence electrons. The zero-order valence-corrected chi connectivity index (χ0v) is 13.3. The molecule has 0 radical (unpaired) electrons. The van der Waals surface area contributed by atoms with Gasteiger partial charge in [0.1, 0.15) is 17.5 Å². The summed E-state index contributed by atoms with van der Waals surface area (Å²) in [5.41, 5.74) is 1.60. The summed E-state index contributed by atoms with van der Waals surface area (Å²) in [5.74, 6) is -0.0479. The smallest absolute Gasteiger partial charge is 0.257 e. The van der Waals surface area contributed by atoms with Crippen molar-refractivity contribution in [2.45, 2.75) is 26.3 Å². The number of rotatable bonds is 6. The van der Waals surface area contributed by atoms with Gasteiger partial charge >= 0.3 is 0 Å². The predicted molar refractivity (Wildman–Crippen MR) is 84.7 cm³/mol. The molecule has 2 aromatic rings. The van der Waals surface area contributed by atoms with Gasteiger partial charge in [-0.05, 0) is 24.5 Å². The molecule has 0 saturated carbocycles. The van der Waals surface area contributed by atoms with Gasteiger partial charge in [0.25, 0.3) is 5.91 Å². The molecule has 1 unspecified atom stereocenters. The van der Waals surface area contributed by atoms with Gasteiger partial charge in [0, 0.05) is 23.2 Å². The zero-order valence-electron chi connectivity index (χ0n) is 12.5. The summed E-state index contributed by atoms with van der Waals surface area (Å²) in [6.07, 6.45) is 1.83. The molecule has 0 aliphatic heterocycles. The van der Waals surface area contributed by atoms with Crippen molar-refractivity contribution in [3.8, 4) is 11.3 Å². The number of hydrogen-bond acceptors (Lipinski definition) is 4. The van der Waals surface area contributed by atoms with Crippen LogP contribution in [-0.2, 0) is 0 Å². The molecule has 1 atom stereocenters. The molecule has 2 rings (SSSR count). The van der Waals surface area contributed by atoms with Gasteiger partial charge in [0.15, 0.2) is 0 Å². The average molecular weight is 323 g/mol. The van der Waals surface area contributed by atoms with E-state index in [0.717, 1.165) is 5.56 Å². The lowest BCUT2D eigenvalue weighted by atomic mass is 10.0. The van der Waals surface area contributed by atoms with E-state index in [4.69, 9.17) is 21.2 Å². The molecule has 0 saturated heterocycles. The van der Waals surface area contributed by atoms with Crippen molar-refractivity contribution < 1.29 is 14.4 Å². The first kappa shape index (κ1) is 16.5. The van der Waals surface area contributed by atoms with Crippen molar-refractivity contribution in [3.63, 3.8) is 0 Å². The standard InChI is InChI=1S/C16H19ClN2O3/c1-10(2)14(7-8-20)18-16(21)13-9-22-19-15(13)11-3-5-12(17)6-4-11/h3-6,9-10,14,20H,7-8H2,1-2H3,(H,18,21). The molecule has 0 spiro atoms. The van der Waals surface area contributed by atoms with E-state index in [1.165, 1.54) is 6.26 Å². The van der Waals surface area contributed by atoms with Crippen LogP contribution in [0.3, 0.4) is 0 Å². The van der Waals surface area contributed by atoms with Gasteiger partial charge in [0.2, 0.25) is 0 Å². The Labute approximate surface area is 134 Å². The van der Waals surface area contributed by atoms with Gasteiger partial charge in [-0.15, -0.1) is 0 Å². The van der Waals surface area contributed by atoms with Crippen LogP contribution in [0.4, 0.5) is 0 Å². The fourth-order valence-corrected chi connectivity index (χ4v) is 2.30. The van der Waals surface area contributed by atoms with E-state index < -0.39 is 0 Å². The summed E-state index contributed by atoms with van der Waals surface area (Å²) in [7, 11) is 0. The van der Waals surface area contributed by atoms with Gasteiger partial charge in [-0.3, -0.25) is 4.79 Å². The molecule has 1 heterocycles. The number of carbonyl (C=O) groups is 1. The number of aliphatic hydroxyl groups is 1. The number of benzene rings is 1. The monoisotopic (exact) mass is 322 g/mol. The Morgan fingerprint density at radius 2 is 2.05 bits per heavy atom. The maximum absolute atomic E-state index is 12.4. The maximum atomic E-state index is 12.4. The van der Waals surface area contributed by atoms with Crippen LogP contribution in [0, 0.1) is 5.92 Å². The summed E-state index contributed by atoms with van der Waals surface area (Å²) in [6.45, 7) is 4.01. The Morgan fingerprint density at radius 1 is 1.36 bits per heavy atom. The summed E-state index contributed by atoms with van der Waals surface area (Å²) < 4.78 is 4.96. The van der Waals surface area contributed by atoms with Crippen molar-refractivity contribution in [2.75, 3.05) is 6.61 Å². The fourth-order valence-electron chi connectivity index (χ4n) is 2.17. The molecular formula is C16H19ClN2O3. The Balaban J connectivity index is 2.21. The highest BCUT2D eigenvalue weighted by molar-refractivity contribution is 6.30. The molecule has 1 amide bonds. The Morgan fingerprint density at radius 3 is 2.64 bits per heavy atom. The van der Waals surface area contributed by atoms with Crippen molar-refractivity contribution >= 4 is 17.5 Å². The number of carbonyl (C=O) groups excluding carboxylic acids is 1. The van der Waals surface area contributed by atoms with E-state index in [1.807, 2.05) is 13.8 Å². The van der Waals surface area contributed by atoms with Crippen molar-refractivity contribution in [2.24, 2.45) is 5.92 Å². The second-order valence-corrected chi connectivity index (χ2v) is 5.86. The molecule has 22 heavy (non-hydrogen) atoms. The lowest BCUT2D eigenvalue weighted by Gasteiger charge is -2.21. The number of amides is 1. The van der Waals surface area contributed by atoms with E-state index in [2.05, 4.69) is 10.5 Å². The maximum Gasteiger partial charge on any atom is 0.257 e. The summed E-state index contributed by atoms with van der Waals surface area (Å²) in [5, 5.41) is 16.5. The minimum absolute atomic E-state index is 0.0246.